The molecule has 0 bridgehead atoms. The van der Waals surface area contributed by atoms with E-state index in [0.29, 0.717) is 10.0 Å². The standard InChI is InChI=1S/C16H15BrN2O6S/c1-11-6-7-14(19(21)22)9-15(11)26(23,24)18(10-16(20)25-2)13-5-3-4-12(17)8-13/h3-9H,10H2,1-2H3. The van der Waals surface area contributed by atoms with Crippen LogP contribution in [0.3, 0.4) is 0 Å². The van der Waals surface area contributed by atoms with Crippen molar-refractivity contribution >= 4 is 43.3 Å². The van der Waals surface area contributed by atoms with Gasteiger partial charge in [-0.1, -0.05) is 28.1 Å². The Balaban J connectivity index is 2.64. The Morgan fingerprint density at radius 2 is 1.96 bits per heavy atom. The molecule has 0 radical (unpaired) electrons. The van der Waals surface area contributed by atoms with Crippen molar-refractivity contribution in [3.05, 3.63) is 62.6 Å². The zero-order valence-corrected chi connectivity index (χ0v) is 16.3. The zero-order chi connectivity index (χ0) is 19.5. The van der Waals surface area contributed by atoms with Crippen molar-refractivity contribution < 1.29 is 22.9 Å². The molecule has 26 heavy (non-hydrogen) atoms. The number of nitro groups is 1. The van der Waals surface area contributed by atoms with Gasteiger partial charge in [0.25, 0.3) is 15.7 Å². The molecule has 0 aromatic heterocycles. The number of hydrogen-bond donors (Lipinski definition) is 0. The number of benzene rings is 2. The lowest BCUT2D eigenvalue weighted by atomic mass is 10.2. The summed E-state index contributed by atoms with van der Waals surface area (Å²) < 4.78 is 32.4. The van der Waals surface area contributed by atoms with Crippen molar-refractivity contribution in [1.29, 1.82) is 0 Å². The van der Waals surface area contributed by atoms with Gasteiger partial charge in [-0.2, -0.15) is 0 Å². The van der Waals surface area contributed by atoms with Gasteiger partial charge in [0.05, 0.1) is 22.6 Å². The number of carbonyl (C=O) groups excluding carboxylic acids is 1. The van der Waals surface area contributed by atoms with E-state index in [0.717, 1.165) is 17.5 Å². The molecule has 0 spiro atoms. The molecule has 0 saturated heterocycles. The molecular weight excluding hydrogens is 428 g/mol. The van der Waals surface area contributed by atoms with E-state index in [-0.39, 0.29) is 16.3 Å². The number of hydrogen-bond acceptors (Lipinski definition) is 6. The average molecular weight is 443 g/mol. The predicted octanol–water partition coefficient (Wildman–Crippen LogP) is 3.03. The molecule has 8 nitrogen and oxygen atoms in total. The summed E-state index contributed by atoms with van der Waals surface area (Å²) in [5.74, 6) is -0.767. The summed E-state index contributed by atoms with van der Waals surface area (Å²) in [6.07, 6.45) is 0. The first-order chi connectivity index (χ1) is 12.2. The van der Waals surface area contributed by atoms with Gasteiger partial charge in [0.2, 0.25) is 0 Å². The number of aryl methyl sites for hydroxylation is 1. The molecule has 2 aromatic carbocycles. The van der Waals surface area contributed by atoms with Crippen LogP contribution in [-0.4, -0.2) is 33.0 Å². The minimum atomic E-state index is -4.26. The Bertz CT molecular complexity index is 961. The largest absolute Gasteiger partial charge is 0.468 e. The Labute approximate surface area is 158 Å². The van der Waals surface area contributed by atoms with Crippen molar-refractivity contribution in [1.82, 2.24) is 0 Å². The molecule has 0 aliphatic carbocycles. The molecule has 0 aliphatic rings. The Kier molecular flexibility index (Phi) is 5.98. The summed E-state index contributed by atoms with van der Waals surface area (Å²) in [5, 5.41) is 11.0. The Hall–Kier alpha value is -2.46. The summed E-state index contributed by atoms with van der Waals surface area (Å²) in [6, 6.07) is 9.89. The van der Waals surface area contributed by atoms with Crippen molar-refractivity contribution in [2.45, 2.75) is 11.8 Å². The number of anilines is 1. The van der Waals surface area contributed by atoms with Crippen LogP contribution in [0.15, 0.2) is 51.8 Å². The second-order valence-electron chi connectivity index (χ2n) is 5.27. The summed E-state index contributed by atoms with van der Waals surface area (Å²) in [5.41, 5.74) is 0.178. The molecule has 0 amide bonds. The topological polar surface area (TPSA) is 107 Å². The summed E-state index contributed by atoms with van der Waals surface area (Å²) in [6.45, 7) is 0.950. The van der Waals surface area contributed by atoms with Crippen molar-refractivity contribution in [3.63, 3.8) is 0 Å². The van der Waals surface area contributed by atoms with Crippen LogP contribution in [0.4, 0.5) is 11.4 Å². The number of rotatable bonds is 6. The Morgan fingerprint density at radius 1 is 1.27 bits per heavy atom. The van der Waals surface area contributed by atoms with Gasteiger partial charge in [-0.3, -0.25) is 19.2 Å². The summed E-state index contributed by atoms with van der Waals surface area (Å²) in [4.78, 5) is 21.9. The maximum atomic E-state index is 13.2. The molecule has 0 heterocycles. The van der Waals surface area contributed by atoms with Gasteiger partial charge < -0.3 is 4.74 Å². The monoisotopic (exact) mass is 442 g/mol. The zero-order valence-electron chi connectivity index (χ0n) is 13.9. The van der Waals surface area contributed by atoms with Gasteiger partial charge in [0.15, 0.2) is 0 Å². The lowest BCUT2D eigenvalue weighted by Crippen LogP contribution is -2.36. The van der Waals surface area contributed by atoms with Crippen LogP contribution in [0, 0.1) is 17.0 Å². The molecule has 0 unspecified atom stereocenters. The van der Waals surface area contributed by atoms with E-state index in [4.69, 9.17) is 0 Å². The molecule has 0 aliphatic heterocycles. The van der Waals surface area contributed by atoms with Gasteiger partial charge in [-0.25, -0.2) is 8.42 Å². The lowest BCUT2D eigenvalue weighted by Gasteiger charge is -2.24. The first kappa shape index (κ1) is 19.9. The van der Waals surface area contributed by atoms with Crippen LogP contribution in [0.25, 0.3) is 0 Å². The molecule has 0 saturated carbocycles. The van der Waals surface area contributed by atoms with Gasteiger partial charge in [-0.15, -0.1) is 0 Å². The number of halogens is 1. The minimum Gasteiger partial charge on any atom is -0.468 e. The van der Waals surface area contributed by atoms with Crippen molar-refractivity contribution in [2.75, 3.05) is 18.0 Å². The Morgan fingerprint density at radius 3 is 2.54 bits per heavy atom. The van der Waals surface area contributed by atoms with Crippen LogP contribution in [0.2, 0.25) is 0 Å². The lowest BCUT2D eigenvalue weighted by molar-refractivity contribution is -0.385. The van der Waals surface area contributed by atoms with E-state index in [1.165, 1.54) is 31.2 Å². The van der Waals surface area contributed by atoms with E-state index in [2.05, 4.69) is 20.7 Å². The van der Waals surface area contributed by atoms with E-state index in [1.807, 2.05) is 0 Å². The van der Waals surface area contributed by atoms with Crippen LogP contribution in [-0.2, 0) is 19.6 Å². The SMILES string of the molecule is COC(=O)CN(c1cccc(Br)c1)S(=O)(=O)c1cc([N+](=O)[O-])ccc1C. The number of esters is 1. The highest BCUT2D eigenvalue weighted by Gasteiger charge is 2.30. The van der Waals surface area contributed by atoms with Crippen LogP contribution in [0.5, 0.6) is 0 Å². The van der Waals surface area contributed by atoms with Crippen molar-refractivity contribution in [3.8, 4) is 0 Å². The van der Waals surface area contributed by atoms with Crippen LogP contribution >= 0.6 is 15.9 Å². The van der Waals surface area contributed by atoms with Gasteiger partial charge in [-0.05, 0) is 30.7 Å². The summed E-state index contributed by atoms with van der Waals surface area (Å²) >= 11 is 3.25. The molecule has 0 N–H and O–H groups in total. The number of methoxy groups -OCH3 is 1. The fourth-order valence-corrected chi connectivity index (χ4v) is 4.26. The number of carbonyl (C=O) groups is 1. The average Bonchev–Trinajstić information content (AvgIpc) is 2.59. The quantitative estimate of drug-likeness (QED) is 0.386. The number of sulfonamides is 1. The normalized spacial score (nSPS) is 11.0. The number of nitrogens with zero attached hydrogens (tertiary/aromatic N) is 2. The highest BCUT2D eigenvalue weighted by molar-refractivity contribution is 9.10. The fraction of sp³-hybridized carbons (Fsp3) is 0.188. The third-order valence-electron chi connectivity index (χ3n) is 3.55. The molecule has 2 rings (SSSR count). The number of ether oxygens (including phenoxy) is 1. The second kappa shape index (κ2) is 7.83. The number of non-ortho nitro benzene ring substituents is 1. The molecule has 0 atom stereocenters. The fourth-order valence-electron chi connectivity index (χ4n) is 2.23. The first-order valence-electron chi connectivity index (χ1n) is 7.27. The second-order valence-corrected chi connectivity index (χ2v) is 8.02. The van der Waals surface area contributed by atoms with E-state index < -0.39 is 27.5 Å². The van der Waals surface area contributed by atoms with Crippen LogP contribution < -0.4 is 4.31 Å². The minimum absolute atomic E-state index is 0.218. The third-order valence-corrected chi connectivity index (χ3v) is 5.96. The van der Waals surface area contributed by atoms with Crippen LogP contribution in [0.1, 0.15) is 5.56 Å². The highest BCUT2D eigenvalue weighted by atomic mass is 79.9. The molecule has 138 valence electrons. The number of nitro benzene ring substituents is 1. The van der Waals surface area contributed by atoms with Gasteiger partial charge in [0, 0.05) is 16.6 Å². The van der Waals surface area contributed by atoms with E-state index in [9.17, 15) is 23.3 Å². The highest BCUT2D eigenvalue weighted by Crippen LogP contribution is 2.29. The smallest absolute Gasteiger partial charge is 0.326 e. The molecule has 10 heteroatoms. The van der Waals surface area contributed by atoms with Gasteiger partial charge in [0.1, 0.15) is 6.54 Å². The van der Waals surface area contributed by atoms with Crippen molar-refractivity contribution in [2.24, 2.45) is 0 Å². The predicted molar refractivity (Wildman–Crippen MR) is 98.5 cm³/mol. The van der Waals surface area contributed by atoms with E-state index >= 15 is 0 Å². The molecular formula is C16H15BrN2O6S. The molecule has 0 fully saturated rings. The third kappa shape index (κ3) is 4.20. The van der Waals surface area contributed by atoms with E-state index in [1.54, 1.807) is 12.1 Å². The van der Waals surface area contributed by atoms with Gasteiger partial charge >= 0.3 is 5.97 Å². The molecule has 2 aromatic rings. The first-order valence-corrected chi connectivity index (χ1v) is 9.50. The maximum absolute atomic E-state index is 13.2. The summed E-state index contributed by atoms with van der Waals surface area (Å²) in [7, 11) is -3.11. The maximum Gasteiger partial charge on any atom is 0.326 e.